The summed E-state index contributed by atoms with van der Waals surface area (Å²) in [6.07, 6.45) is 1.42. The highest BCUT2D eigenvalue weighted by Crippen LogP contribution is 2.36. The van der Waals surface area contributed by atoms with Crippen LogP contribution in [0.3, 0.4) is 0 Å². The first-order chi connectivity index (χ1) is 15.9. The molecule has 0 unspecified atom stereocenters. The van der Waals surface area contributed by atoms with Crippen LogP contribution in [0.4, 0.5) is 15.9 Å². The number of fused-ring (bicyclic) bond motifs is 1. The lowest BCUT2D eigenvalue weighted by molar-refractivity contribution is -0.132. The van der Waals surface area contributed by atoms with E-state index < -0.39 is 5.97 Å². The Bertz CT molecular complexity index is 1330. The molecule has 1 heterocycles. The molecule has 0 fully saturated rings. The summed E-state index contributed by atoms with van der Waals surface area (Å²) in [4.78, 5) is 20.1. The molecule has 0 aliphatic carbocycles. The largest absolute Gasteiger partial charge is 0.493 e. The molecule has 33 heavy (non-hydrogen) atoms. The van der Waals surface area contributed by atoms with Crippen molar-refractivity contribution in [3.8, 4) is 17.2 Å². The second-order valence-corrected chi connectivity index (χ2v) is 7.88. The van der Waals surface area contributed by atoms with Crippen LogP contribution >= 0.6 is 15.9 Å². The summed E-state index contributed by atoms with van der Waals surface area (Å²) in [5.41, 5.74) is 2.02. The highest BCUT2D eigenvalue weighted by atomic mass is 79.9. The minimum absolute atomic E-state index is 0.223. The third kappa shape index (κ3) is 5.38. The highest BCUT2D eigenvalue weighted by molar-refractivity contribution is 9.10. The van der Waals surface area contributed by atoms with Crippen molar-refractivity contribution >= 4 is 44.3 Å². The van der Waals surface area contributed by atoms with Crippen LogP contribution in [0.15, 0.2) is 65.4 Å². The molecule has 4 aromatic rings. The van der Waals surface area contributed by atoms with E-state index in [1.54, 1.807) is 36.4 Å². The van der Waals surface area contributed by atoms with Crippen LogP contribution in [0.2, 0.25) is 0 Å². The molecule has 168 valence electrons. The number of methoxy groups -OCH3 is 1. The molecule has 3 aromatic carbocycles. The first-order valence-electron chi connectivity index (χ1n) is 9.88. The SMILES string of the molecule is COc1cc2ncnc(Nc3cc(OCc4cccc(F)c4)ccc3Br)c2cc1OC(C)=O. The zero-order valence-corrected chi connectivity index (χ0v) is 19.3. The molecule has 0 saturated heterocycles. The maximum absolute atomic E-state index is 13.4. The molecular weight excluding hydrogens is 493 g/mol. The first kappa shape index (κ1) is 22.5. The lowest BCUT2D eigenvalue weighted by atomic mass is 10.2. The normalized spacial score (nSPS) is 10.7. The van der Waals surface area contributed by atoms with Gasteiger partial charge in [0.1, 0.15) is 30.3 Å². The number of esters is 1. The van der Waals surface area contributed by atoms with Crippen molar-refractivity contribution in [1.82, 2.24) is 9.97 Å². The standard InChI is InChI=1S/C24H19BrFN3O4/c1-14(30)33-23-10-18-20(11-22(23)31-2)27-13-28-24(18)29-21-9-17(6-7-19(21)25)32-12-15-4-3-5-16(26)8-15/h3-11,13H,12H2,1-2H3,(H,27,28,29). The van der Waals surface area contributed by atoms with E-state index in [2.05, 4.69) is 31.2 Å². The second kappa shape index (κ2) is 9.83. The number of ether oxygens (including phenoxy) is 3. The second-order valence-electron chi connectivity index (χ2n) is 7.02. The highest BCUT2D eigenvalue weighted by Gasteiger charge is 2.14. The Morgan fingerprint density at radius 2 is 1.94 bits per heavy atom. The van der Waals surface area contributed by atoms with Crippen molar-refractivity contribution in [2.24, 2.45) is 0 Å². The molecular formula is C24H19BrFN3O4. The van der Waals surface area contributed by atoms with E-state index in [-0.39, 0.29) is 18.2 Å². The monoisotopic (exact) mass is 511 g/mol. The van der Waals surface area contributed by atoms with Gasteiger partial charge in [0.25, 0.3) is 0 Å². The molecule has 0 amide bonds. The predicted molar refractivity (Wildman–Crippen MR) is 126 cm³/mol. The Hall–Kier alpha value is -3.72. The van der Waals surface area contributed by atoms with E-state index in [1.165, 1.54) is 32.5 Å². The van der Waals surface area contributed by atoms with Gasteiger partial charge in [-0.1, -0.05) is 12.1 Å². The molecule has 0 aliphatic heterocycles. The average Bonchev–Trinajstić information content (AvgIpc) is 2.79. The fourth-order valence-corrected chi connectivity index (χ4v) is 3.51. The van der Waals surface area contributed by atoms with E-state index >= 15 is 0 Å². The summed E-state index contributed by atoms with van der Waals surface area (Å²) in [5, 5.41) is 3.89. The number of benzene rings is 3. The van der Waals surface area contributed by atoms with Gasteiger partial charge < -0.3 is 19.5 Å². The van der Waals surface area contributed by atoms with Gasteiger partial charge >= 0.3 is 5.97 Å². The molecule has 7 nitrogen and oxygen atoms in total. The number of halogens is 2. The molecule has 0 bridgehead atoms. The lowest BCUT2D eigenvalue weighted by Gasteiger charge is -2.14. The molecule has 0 spiro atoms. The van der Waals surface area contributed by atoms with Gasteiger partial charge in [0.2, 0.25) is 0 Å². The zero-order chi connectivity index (χ0) is 23.4. The Kier molecular flexibility index (Phi) is 6.69. The van der Waals surface area contributed by atoms with Crippen molar-refractivity contribution in [2.75, 3.05) is 12.4 Å². The number of anilines is 2. The van der Waals surface area contributed by atoms with E-state index in [4.69, 9.17) is 14.2 Å². The number of rotatable bonds is 7. The van der Waals surface area contributed by atoms with E-state index in [0.717, 1.165) is 10.0 Å². The summed E-state index contributed by atoms with van der Waals surface area (Å²) < 4.78 is 30.6. The molecule has 0 saturated carbocycles. The van der Waals surface area contributed by atoms with E-state index in [1.807, 2.05) is 6.07 Å². The molecule has 4 rings (SSSR count). The number of hydrogen-bond acceptors (Lipinski definition) is 7. The molecule has 1 N–H and O–H groups in total. The van der Waals surface area contributed by atoms with Gasteiger partial charge in [0.15, 0.2) is 11.5 Å². The molecule has 9 heteroatoms. The van der Waals surface area contributed by atoms with Crippen molar-refractivity contribution in [3.05, 3.63) is 76.8 Å². The Morgan fingerprint density at radius 1 is 1.09 bits per heavy atom. The summed E-state index contributed by atoms with van der Waals surface area (Å²) in [7, 11) is 1.49. The van der Waals surface area contributed by atoms with Crippen molar-refractivity contribution < 1.29 is 23.4 Å². The van der Waals surface area contributed by atoms with Crippen molar-refractivity contribution in [3.63, 3.8) is 0 Å². The van der Waals surface area contributed by atoms with Crippen LogP contribution in [0.25, 0.3) is 10.9 Å². The average molecular weight is 512 g/mol. The van der Waals surface area contributed by atoms with Gasteiger partial charge in [-0.25, -0.2) is 14.4 Å². The Balaban J connectivity index is 1.63. The fourth-order valence-electron chi connectivity index (χ4n) is 3.17. The van der Waals surface area contributed by atoms with E-state index in [9.17, 15) is 9.18 Å². The third-order valence-electron chi connectivity index (χ3n) is 4.66. The number of carbonyl (C=O) groups excluding carboxylic acids is 1. The molecule has 1 aromatic heterocycles. The maximum atomic E-state index is 13.4. The molecule has 0 radical (unpaired) electrons. The van der Waals surface area contributed by atoms with Crippen LogP contribution in [0, 0.1) is 5.82 Å². The van der Waals surface area contributed by atoms with Crippen LogP contribution in [0.5, 0.6) is 17.2 Å². The van der Waals surface area contributed by atoms with Gasteiger partial charge in [-0.05, 0) is 51.8 Å². The van der Waals surface area contributed by atoms with Gasteiger partial charge in [0, 0.05) is 28.9 Å². The number of aromatic nitrogens is 2. The summed E-state index contributed by atoms with van der Waals surface area (Å²) in [6.45, 7) is 1.54. The smallest absolute Gasteiger partial charge is 0.308 e. The van der Waals surface area contributed by atoms with E-state index in [0.29, 0.717) is 33.9 Å². The summed E-state index contributed by atoms with van der Waals surface area (Å²) in [6, 6.07) is 15.0. The minimum Gasteiger partial charge on any atom is -0.493 e. The van der Waals surface area contributed by atoms with Crippen molar-refractivity contribution in [2.45, 2.75) is 13.5 Å². The molecule has 0 atom stereocenters. The van der Waals surface area contributed by atoms with Crippen LogP contribution in [-0.4, -0.2) is 23.0 Å². The quantitative estimate of drug-likeness (QED) is 0.248. The Labute approximate surface area is 197 Å². The number of hydrogen-bond donors (Lipinski definition) is 1. The summed E-state index contributed by atoms with van der Waals surface area (Å²) in [5.74, 6) is 0.960. The lowest BCUT2D eigenvalue weighted by Crippen LogP contribution is -2.04. The zero-order valence-electron chi connectivity index (χ0n) is 17.8. The maximum Gasteiger partial charge on any atom is 0.308 e. The van der Waals surface area contributed by atoms with Crippen LogP contribution in [0.1, 0.15) is 12.5 Å². The summed E-state index contributed by atoms with van der Waals surface area (Å²) >= 11 is 3.53. The number of nitrogens with zero attached hydrogens (tertiary/aromatic N) is 2. The third-order valence-corrected chi connectivity index (χ3v) is 5.35. The van der Waals surface area contributed by atoms with Crippen molar-refractivity contribution in [1.29, 1.82) is 0 Å². The Morgan fingerprint density at radius 3 is 2.70 bits per heavy atom. The minimum atomic E-state index is -0.468. The number of carbonyl (C=O) groups is 1. The molecule has 0 aliphatic rings. The van der Waals surface area contributed by atoms with Gasteiger partial charge in [-0.3, -0.25) is 4.79 Å². The van der Waals surface area contributed by atoms with Gasteiger partial charge in [-0.2, -0.15) is 0 Å². The first-order valence-corrected chi connectivity index (χ1v) is 10.7. The fraction of sp³-hybridized carbons (Fsp3) is 0.125. The van der Waals surface area contributed by atoms with Crippen LogP contribution in [-0.2, 0) is 11.4 Å². The predicted octanol–water partition coefficient (Wildman–Crippen LogP) is 5.79. The van der Waals surface area contributed by atoms with Gasteiger partial charge in [0.05, 0.1) is 18.3 Å². The van der Waals surface area contributed by atoms with Crippen LogP contribution < -0.4 is 19.5 Å². The topological polar surface area (TPSA) is 82.6 Å². The van der Waals surface area contributed by atoms with Gasteiger partial charge in [-0.15, -0.1) is 0 Å². The number of nitrogens with one attached hydrogen (secondary N) is 1.